The van der Waals surface area contributed by atoms with Gasteiger partial charge in [-0.2, -0.15) is 0 Å². The van der Waals surface area contributed by atoms with Crippen molar-refractivity contribution in [1.82, 2.24) is 14.0 Å². The summed E-state index contributed by atoms with van der Waals surface area (Å²) in [7, 11) is 0. The zero-order chi connectivity index (χ0) is 41.7. The van der Waals surface area contributed by atoms with Gasteiger partial charge in [0.1, 0.15) is 5.82 Å². The Morgan fingerprint density at radius 2 is 0.810 bits per heavy atom. The fourth-order valence-electron chi connectivity index (χ4n) is 9.41. The van der Waals surface area contributed by atoms with Crippen molar-refractivity contribution >= 4 is 66.3 Å². The van der Waals surface area contributed by atoms with Gasteiger partial charge in [0.15, 0.2) is 0 Å². The van der Waals surface area contributed by atoms with E-state index in [9.17, 15) is 0 Å². The molecule has 0 aliphatic rings. The molecule has 12 rings (SSSR count). The van der Waals surface area contributed by atoms with Crippen molar-refractivity contribution in [2.45, 2.75) is 0 Å². The number of benzene rings is 9. The second-order valence-electron chi connectivity index (χ2n) is 16.0. The molecule has 296 valence electrons. The molecule has 9 aromatic carbocycles. The van der Waals surface area contributed by atoms with Crippen molar-refractivity contribution in [3.63, 3.8) is 0 Å². The molecule has 12 aromatic rings. The van der Waals surface area contributed by atoms with E-state index < -0.39 is 0 Å². The first-order valence-electron chi connectivity index (χ1n) is 21.5. The fraction of sp³-hybridized carbons (Fsp3) is 0. The van der Waals surface area contributed by atoms with Crippen molar-refractivity contribution in [2.24, 2.45) is 0 Å². The van der Waals surface area contributed by atoms with E-state index in [4.69, 9.17) is 4.98 Å². The van der Waals surface area contributed by atoms with Crippen LogP contribution < -0.4 is 4.90 Å². The lowest BCUT2D eigenvalue weighted by molar-refractivity contribution is 1.16. The molecule has 0 saturated heterocycles. The molecule has 0 N–H and O–H groups in total. The Bertz CT molecular complexity index is 3550. The summed E-state index contributed by atoms with van der Waals surface area (Å²) in [6.45, 7) is 0. The van der Waals surface area contributed by atoms with Gasteiger partial charge >= 0.3 is 0 Å². The van der Waals surface area contributed by atoms with Crippen LogP contribution in [0.4, 0.5) is 17.2 Å². The second kappa shape index (κ2) is 15.2. The Hall–Kier alpha value is -8.47. The monoisotopic (exact) mass is 804 g/mol. The second-order valence-corrected chi connectivity index (χ2v) is 16.0. The van der Waals surface area contributed by atoms with Crippen molar-refractivity contribution in [2.75, 3.05) is 4.90 Å². The van der Waals surface area contributed by atoms with Gasteiger partial charge in [0.25, 0.3) is 0 Å². The fourth-order valence-corrected chi connectivity index (χ4v) is 9.41. The zero-order valence-electron chi connectivity index (χ0n) is 34.4. The van der Waals surface area contributed by atoms with Gasteiger partial charge in [-0.05, 0) is 107 Å². The van der Waals surface area contributed by atoms with Crippen LogP contribution in [0.25, 0.3) is 88.2 Å². The van der Waals surface area contributed by atoms with Crippen LogP contribution in [0.3, 0.4) is 0 Å². The highest BCUT2D eigenvalue weighted by Gasteiger charge is 2.19. The summed E-state index contributed by atoms with van der Waals surface area (Å²) in [5.74, 6) is 0.845. The average Bonchev–Trinajstić information content (AvgIpc) is 3.69. The van der Waals surface area contributed by atoms with Crippen LogP contribution in [-0.4, -0.2) is 14.0 Å². The minimum Gasteiger partial charge on any atom is -0.308 e. The maximum Gasteiger partial charge on any atom is 0.137 e. The first kappa shape index (κ1) is 36.4. The summed E-state index contributed by atoms with van der Waals surface area (Å²) in [4.78, 5) is 7.43. The highest BCUT2D eigenvalue weighted by atomic mass is 15.2. The predicted molar refractivity (Wildman–Crippen MR) is 264 cm³/mol. The maximum absolute atomic E-state index is 5.19. The highest BCUT2D eigenvalue weighted by molar-refractivity contribution is 6.21. The molecule has 0 unspecified atom stereocenters. The highest BCUT2D eigenvalue weighted by Crippen LogP contribution is 2.40. The van der Waals surface area contributed by atoms with Gasteiger partial charge in [0, 0.05) is 50.4 Å². The van der Waals surface area contributed by atoms with Gasteiger partial charge in [0.2, 0.25) is 0 Å². The Labute approximate surface area is 365 Å². The standard InChI is InChI=1S/C59H40N4/c1-4-15-41(16-5-1)43-27-33-48(34-28-43)61(49-35-29-44(30-36-49)42-17-6-2-7-18-42)58-38-32-46(40-60-58)45-31-37-55-53(39-45)52-23-14-22-51-50-21-10-11-24-54(50)62(47-19-8-3-9-20-47)56-25-12-13-26-57(56)63(55)59(51)52/h1-40H. The molecule has 0 amide bonds. The lowest BCUT2D eigenvalue weighted by Crippen LogP contribution is -2.11. The van der Waals surface area contributed by atoms with Gasteiger partial charge in [-0.15, -0.1) is 0 Å². The van der Waals surface area contributed by atoms with Crippen LogP contribution in [-0.2, 0) is 0 Å². The van der Waals surface area contributed by atoms with Crippen molar-refractivity contribution in [1.29, 1.82) is 0 Å². The Kier molecular flexibility index (Phi) is 8.79. The van der Waals surface area contributed by atoms with E-state index in [-0.39, 0.29) is 0 Å². The molecule has 0 radical (unpaired) electrons. The third kappa shape index (κ3) is 6.27. The van der Waals surface area contributed by atoms with E-state index in [1.54, 1.807) is 0 Å². The molecule has 0 fully saturated rings. The smallest absolute Gasteiger partial charge is 0.137 e. The molecule has 0 aliphatic heterocycles. The zero-order valence-corrected chi connectivity index (χ0v) is 34.4. The lowest BCUT2D eigenvalue weighted by atomic mass is 10.0. The van der Waals surface area contributed by atoms with Crippen molar-refractivity contribution < 1.29 is 0 Å². The number of rotatable bonds is 7. The number of aromatic nitrogens is 3. The molecule has 0 spiro atoms. The maximum atomic E-state index is 5.19. The first-order valence-corrected chi connectivity index (χ1v) is 21.5. The molecule has 3 heterocycles. The molecule has 0 saturated carbocycles. The number of hydrogen-bond donors (Lipinski definition) is 0. The lowest BCUT2D eigenvalue weighted by Gasteiger charge is -2.25. The van der Waals surface area contributed by atoms with E-state index in [1.165, 1.54) is 49.3 Å². The topological polar surface area (TPSA) is 25.5 Å². The average molecular weight is 805 g/mol. The van der Waals surface area contributed by atoms with E-state index in [2.05, 4.69) is 250 Å². The quantitative estimate of drug-likeness (QED) is 0.160. The van der Waals surface area contributed by atoms with Crippen molar-refractivity contribution in [3.8, 4) is 39.1 Å². The molecular weight excluding hydrogens is 765 g/mol. The largest absolute Gasteiger partial charge is 0.308 e. The van der Waals surface area contributed by atoms with Gasteiger partial charge in [-0.1, -0.05) is 158 Å². The third-order valence-electron chi connectivity index (χ3n) is 12.4. The van der Waals surface area contributed by atoms with Crippen LogP contribution in [0.1, 0.15) is 0 Å². The third-order valence-corrected chi connectivity index (χ3v) is 12.4. The summed E-state index contributed by atoms with van der Waals surface area (Å²) >= 11 is 0. The minimum absolute atomic E-state index is 0.845. The Morgan fingerprint density at radius 1 is 0.317 bits per heavy atom. The van der Waals surface area contributed by atoms with Gasteiger partial charge in [0.05, 0.1) is 27.6 Å². The number of para-hydroxylation sites is 5. The normalized spacial score (nSPS) is 11.5. The van der Waals surface area contributed by atoms with Crippen LogP contribution >= 0.6 is 0 Å². The number of hydrogen-bond acceptors (Lipinski definition) is 2. The molecule has 0 bridgehead atoms. The van der Waals surface area contributed by atoms with Crippen LogP contribution in [0.15, 0.2) is 243 Å². The Morgan fingerprint density at radius 3 is 1.43 bits per heavy atom. The SMILES string of the molecule is c1ccc(-c2ccc(N(c3ccc(-c4ccccc4)cc3)c3ccc(-c4ccc5c(c4)c4cccc6c7ccccc7n(-c7ccccc7)c7ccccc7n5c64)cn3)cc2)cc1. The number of pyridine rings is 1. The molecule has 63 heavy (non-hydrogen) atoms. The van der Waals surface area contributed by atoms with E-state index >= 15 is 0 Å². The summed E-state index contributed by atoms with van der Waals surface area (Å²) in [6.07, 6.45) is 2.02. The molecule has 0 aliphatic carbocycles. The van der Waals surface area contributed by atoms with E-state index in [0.29, 0.717) is 0 Å². The van der Waals surface area contributed by atoms with E-state index in [1.807, 2.05) is 6.20 Å². The molecule has 4 heteroatoms. The number of nitrogens with zero attached hydrogens (tertiary/aromatic N) is 4. The van der Waals surface area contributed by atoms with Crippen LogP contribution in [0.2, 0.25) is 0 Å². The predicted octanol–water partition coefficient (Wildman–Crippen LogP) is 15.8. The minimum atomic E-state index is 0.845. The van der Waals surface area contributed by atoms with Gasteiger partial charge in [-0.3, -0.25) is 4.90 Å². The van der Waals surface area contributed by atoms with Crippen LogP contribution in [0, 0.1) is 0 Å². The molecular formula is C59H40N4. The number of anilines is 3. The summed E-state index contributed by atoms with van der Waals surface area (Å²) in [5.41, 5.74) is 15.9. The Balaban J connectivity index is 1.00. The summed E-state index contributed by atoms with van der Waals surface area (Å²) < 4.78 is 4.87. The van der Waals surface area contributed by atoms with E-state index in [0.717, 1.165) is 56.1 Å². The van der Waals surface area contributed by atoms with Crippen molar-refractivity contribution in [3.05, 3.63) is 243 Å². The summed E-state index contributed by atoms with van der Waals surface area (Å²) in [5, 5.41) is 4.82. The molecule has 3 aromatic heterocycles. The summed E-state index contributed by atoms with van der Waals surface area (Å²) in [6, 6.07) is 84.8. The first-order chi connectivity index (χ1) is 31.3. The van der Waals surface area contributed by atoms with Gasteiger partial charge in [-0.25, -0.2) is 4.98 Å². The van der Waals surface area contributed by atoms with Gasteiger partial charge < -0.3 is 8.97 Å². The van der Waals surface area contributed by atoms with Crippen LogP contribution in [0.5, 0.6) is 0 Å². The molecule has 0 atom stereocenters. The number of fused-ring (bicyclic) bond motifs is 7. The molecule has 4 nitrogen and oxygen atoms in total.